The molecule has 2 aliphatic heterocycles. The van der Waals surface area contributed by atoms with Gasteiger partial charge in [-0.05, 0) is 49.2 Å². The van der Waals surface area contributed by atoms with Gasteiger partial charge in [-0.2, -0.15) is 5.26 Å². The summed E-state index contributed by atoms with van der Waals surface area (Å²) in [5.41, 5.74) is 1.52. The first-order chi connectivity index (χ1) is 16.2. The van der Waals surface area contributed by atoms with Crippen molar-refractivity contribution in [3.8, 4) is 6.07 Å². The Labute approximate surface area is 198 Å². The Morgan fingerprint density at radius 3 is 2.38 bits per heavy atom. The van der Waals surface area contributed by atoms with E-state index in [2.05, 4.69) is 0 Å². The number of hydrogen-bond donors (Lipinski definition) is 1. The van der Waals surface area contributed by atoms with E-state index in [1.165, 1.54) is 18.2 Å². The minimum atomic E-state index is -3.51. The number of sulfone groups is 1. The number of aliphatic hydroxyl groups excluding tert-OH is 1. The molecule has 2 aromatic carbocycles. The van der Waals surface area contributed by atoms with Gasteiger partial charge in [0.15, 0.2) is 9.84 Å². The second-order valence-electron chi connectivity index (χ2n) is 8.75. The first kappa shape index (κ1) is 24.0. The van der Waals surface area contributed by atoms with Crippen LogP contribution in [0.1, 0.15) is 28.8 Å². The molecule has 1 atom stereocenters. The Hall–Kier alpha value is -3.16. The summed E-state index contributed by atoms with van der Waals surface area (Å²) in [6.07, 6.45) is 2.07. The van der Waals surface area contributed by atoms with Crippen molar-refractivity contribution in [3.63, 3.8) is 0 Å². The van der Waals surface area contributed by atoms with Gasteiger partial charge >= 0.3 is 0 Å². The number of anilines is 2. The van der Waals surface area contributed by atoms with Crippen molar-refractivity contribution in [2.24, 2.45) is 0 Å². The summed E-state index contributed by atoms with van der Waals surface area (Å²) < 4.78 is 38.8. The van der Waals surface area contributed by atoms with Crippen molar-refractivity contribution < 1.29 is 22.7 Å². The van der Waals surface area contributed by atoms with Crippen LogP contribution < -0.4 is 9.80 Å². The van der Waals surface area contributed by atoms with Gasteiger partial charge in [0.2, 0.25) is 0 Å². The fraction of sp³-hybridized carbons (Fsp3) is 0.417. The zero-order chi connectivity index (χ0) is 24.5. The van der Waals surface area contributed by atoms with Gasteiger partial charge in [-0.15, -0.1) is 0 Å². The molecule has 2 fully saturated rings. The highest BCUT2D eigenvalue weighted by Crippen LogP contribution is 2.29. The van der Waals surface area contributed by atoms with Crippen LogP contribution in [0.15, 0.2) is 41.3 Å². The van der Waals surface area contributed by atoms with Gasteiger partial charge in [0, 0.05) is 51.2 Å². The fourth-order valence-corrected chi connectivity index (χ4v) is 5.17. The lowest BCUT2D eigenvalue weighted by atomic mass is 10.0. The van der Waals surface area contributed by atoms with Crippen LogP contribution in [0.2, 0.25) is 0 Å². The molecular weight excluding hydrogens is 459 g/mol. The standard InChI is InChI=1S/C24H27FN4O4S/c1-34(32,33)19-5-7-22(29-8-2-3-18(30)16-29)20(14-19)24(31)28-11-9-27(10-12-28)23-6-4-17(15-26)13-21(23)25/h4-7,13-14,18,30H,2-3,8-12,16H2,1H3. The van der Waals surface area contributed by atoms with E-state index in [0.717, 1.165) is 12.7 Å². The summed E-state index contributed by atoms with van der Waals surface area (Å²) in [7, 11) is -3.51. The van der Waals surface area contributed by atoms with E-state index >= 15 is 0 Å². The van der Waals surface area contributed by atoms with Gasteiger partial charge in [-0.3, -0.25) is 4.79 Å². The van der Waals surface area contributed by atoms with Crippen LogP contribution >= 0.6 is 0 Å². The highest BCUT2D eigenvalue weighted by molar-refractivity contribution is 7.90. The van der Waals surface area contributed by atoms with Crippen molar-refractivity contribution >= 4 is 27.1 Å². The molecule has 34 heavy (non-hydrogen) atoms. The number of piperazine rings is 1. The molecule has 4 rings (SSSR count). The zero-order valence-electron chi connectivity index (χ0n) is 18.9. The van der Waals surface area contributed by atoms with Gasteiger partial charge in [-0.1, -0.05) is 0 Å². The quantitative estimate of drug-likeness (QED) is 0.705. The Bertz CT molecular complexity index is 1240. The number of nitriles is 1. The van der Waals surface area contributed by atoms with Gasteiger partial charge in [0.1, 0.15) is 5.82 Å². The minimum Gasteiger partial charge on any atom is -0.391 e. The number of carbonyl (C=O) groups is 1. The molecule has 0 aromatic heterocycles. The van der Waals surface area contributed by atoms with Crippen molar-refractivity contribution in [3.05, 3.63) is 53.3 Å². The molecule has 2 aromatic rings. The molecule has 0 bridgehead atoms. The Balaban J connectivity index is 1.57. The minimum absolute atomic E-state index is 0.0652. The average Bonchev–Trinajstić information content (AvgIpc) is 2.82. The number of amides is 1. The molecule has 1 N–H and O–H groups in total. The number of piperidine rings is 1. The van der Waals surface area contributed by atoms with Gasteiger partial charge in [-0.25, -0.2) is 12.8 Å². The lowest BCUT2D eigenvalue weighted by Gasteiger charge is -2.38. The number of aliphatic hydroxyl groups is 1. The molecular formula is C24H27FN4O4S. The molecule has 10 heteroatoms. The van der Waals surface area contributed by atoms with E-state index < -0.39 is 21.8 Å². The van der Waals surface area contributed by atoms with E-state index in [-0.39, 0.29) is 21.9 Å². The number of halogens is 1. The summed E-state index contributed by atoms with van der Waals surface area (Å²) in [5.74, 6) is -0.772. The normalized spacial score (nSPS) is 19.1. The van der Waals surface area contributed by atoms with Gasteiger partial charge < -0.3 is 19.8 Å². The third-order valence-electron chi connectivity index (χ3n) is 6.35. The predicted octanol–water partition coefficient (Wildman–Crippen LogP) is 2.02. The highest BCUT2D eigenvalue weighted by atomic mass is 32.2. The third-order valence-corrected chi connectivity index (χ3v) is 7.46. The van der Waals surface area contributed by atoms with E-state index in [4.69, 9.17) is 5.26 Å². The number of nitrogens with zero attached hydrogens (tertiary/aromatic N) is 4. The second kappa shape index (κ2) is 9.60. The molecule has 2 heterocycles. The number of β-amino-alcohol motifs (C(OH)–C–C–N with tert-alkyl or cyclic N) is 1. The van der Waals surface area contributed by atoms with E-state index in [0.29, 0.717) is 57.1 Å². The van der Waals surface area contributed by atoms with Crippen LogP contribution in [0, 0.1) is 17.1 Å². The van der Waals surface area contributed by atoms with Crippen LogP contribution in [0.25, 0.3) is 0 Å². The van der Waals surface area contributed by atoms with Gasteiger partial charge in [0.25, 0.3) is 5.91 Å². The van der Waals surface area contributed by atoms with Crippen molar-refractivity contribution in [1.29, 1.82) is 5.26 Å². The maximum atomic E-state index is 14.4. The summed E-state index contributed by atoms with van der Waals surface area (Å²) in [6, 6.07) is 10.8. The van der Waals surface area contributed by atoms with Crippen LogP contribution in [0.4, 0.5) is 15.8 Å². The average molecular weight is 487 g/mol. The van der Waals surface area contributed by atoms with Crippen LogP contribution in [0.3, 0.4) is 0 Å². The zero-order valence-corrected chi connectivity index (χ0v) is 19.8. The summed E-state index contributed by atoms with van der Waals surface area (Å²) in [4.78, 5) is 19.0. The van der Waals surface area contributed by atoms with Crippen molar-refractivity contribution in [2.75, 3.05) is 55.3 Å². The molecule has 2 saturated heterocycles. The Kier molecular flexibility index (Phi) is 6.77. The fourth-order valence-electron chi connectivity index (χ4n) is 4.52. The number of hydrogen-bond acceptors (Lipinski definition) is 7. The number of rotatable bonds is 4. The highest BCUT2D eigenvalue weighted by Gasteiger charge is 2.29. The summed E-state index contributed by atoms with van der Waals surface area (Å²) in [6.45, 7) is 2.52. The van der Waals surface area contributed by atoms with Crippen LogP contribution in [0.5, 0.6) is 0 Å². The lowest BCUT2D eigenvalue weighted by molar-refractivity contribution is 0.0746. The Morgan fingerprint density at radius 1 is 1.06 bits per heavy atom. The molecule has 0 aliphatic carbocycles. The summed E-state index contributed by atoms with van der Waals surface area (Å²) in [5, 5.41) is 19.0. The van der Waals surface area contributed by atoms with Crippen molar-refractivity contribution in [1.82, 2.24) is 4.90 Å². The van der Waals surface area contributed by atoms with Crippen LogP contribution in [-0.4, -0.2) is 76.0 Å². The van der Waals surface area contributed by atoms with E-state index in [1.807, 2.05) is 15.9 Å². The molecule has 1 amide bonds. The van der Waals surface area contributed by atoms with E-state index in [9.17, 15) is 22.7 Å². The predicted molar refractivity (Wildman–Crippen MR) is 126 cm³/mol. The molecule has 180 valence electrons. The molecule has 0 radical (unpaired) electrons. The third kappa shape index (κ3) is 5.00. The SMILES string of the molecule is CS(=O)(=O)c1ccc(N2CCCC(O)C2)c(C(=O)N2CCN(c3ccc(C#N)cc3F)CC2)c1. The Morgan fingerprint density at radius 2 is 1.76 bits per heavy atom. The summed E-state index contributed by atoms with van der Waals surface area (Å²) >= 11 is 0. The molecule has 2 aliphatic rings. The first-order valence-electron chi connectivity index (χ1n) is 11.2. The molecule has 0 saturated carbocycles. The second-order valence-corrected chi connectivity index (χ2v) is 10.8. The maximum absolute atomic E-state index is 14.4. The number of carbonyl (C=O) groups excluding carboxylic acids is 1. The topological polar surface area (TPSA) is 105 Å². The molecule has 8 nitrogen and oxygen atoms in total. The molecule has 1 unspecified atom stereocenters. The maximum Gasteiger partial charge on any atom is 0.256 e. The molecule has 0 spiro atoms. The monoisotopic (exact) mass is 486 g/mol. The first-order valence-corrected chi connectivity index (χ1v) is 13.1. The smallest absolute Gasteiger partial charge is 0.256 e. The van der Waals surface area contributed by atoms with Crippen LogP contribution in [-0.2, 0) is 9.84 Å². The van der Waals surface area contributed by atoms with Crippen molar-refractivity contribution in [2.45, 2.75) is 23.8 Å². The largest absolute Gasteiger partial charge is 0.391 e. The number of benzene rings is 2. The van der Waals surface area contributed by atoms with Gasteiger partial charge in [0.05, 0.1) is 33.9 Å². The lowest BCUT2D eigenvalue weighted by Crippen LogP contribution is -2.49. The van der Waals surface area contributed by atoms with E-state index in [1.54, 1.807) is 23.1 Å².